The third-order valence-electron chi connectivity index (χ3n) is 3.83. The van der Waals surface area contributed by atoms with Crippen molar-refractivity contribution in [3.05, 3.63) is 84.4 Å². The van der Waals surface area contributed by atoms with Gasteiger partial charge in [-0.2, -0.15) is 0 Å². The van der Waals surface area contributed by atoms with Gasteiger partial charge in [-0.3, -0.25) is 9.78 Å². The van der Waals surface area contributed by atoms with E-state index in [0.717, 1.165) is 12.1 Å². The molecule has 116 valence electrons. The average Bonchev–Trinajstić information content (AvgIpc) is 3.15. The first kappa shape index (κ1) is 15.0. The first-order chi connectivity index (χ1) is 11.2. The summed E-state index contributed by atoms with van der Waals surface area (Å²) in [5, 5.41) is 0. The van der Waals surface area contributed by atoms with Crippen molar-refractivity contribution >= 4 is 5.91 Å². The molecular weight excluding hydrogens is 286 g/mol. The second-order valence-electron chi connectivity index (χ2n) is 5.47. The van der Waals surface area contributed by atoms with Gasteiger partial charge in [-0.25, -0.2) is 0 Å². The van der Waals surface area contributed by atoms with Crippen LogP contribution in [0.2, 0.25) is 0 Å². The molecule has 0 aliphatic rings. The van der Waals surface area contributed by atoms with Crippen LogP contribution in [0.25, 0.3) is 5.69 Å². The molecule has 0 aliphatic carbocycles. The molecular formula is C19H19N3O. The minimum Gasteiger partial charge on any atom is -0.341 e. The second-order valence-corrected chi connectivity index (χ2v) is 5.47. The average molecular weight is 305 g/mol. The van der Waals surface area contributed by atoms with Gasteiger partial charge in [0.15, 0.2) is 0 Å². The summed E-state index contributed by atoms with van der Waals surface area (Å²) >= 11 is 0. The highest BCUT2D eigenvalue weighted by Crippen LogP contribution is 2.13. The highest BCUT2D eigenvalue weighted by Gasteiger charge is 2.12. The molecule has 3 aromatic rings. The predicted molar refractivity (Wildman–Crippen MR) is 90.7 cm³/mol. The molecule has 0 fully saturated rings. The van der Waals surface area contributed by atoms with Crippen LogP contribution in [-0.2, 0) is 6.42 Å². The lowest BCUT2D eigenvalue weighted by Gasteiger charge is -2.17. The normalized spacial score (nSPS) is 10.5. The molecule has 4 heteroatoms. The zero-order chi connectivity index (χ0) is 16.1. The topological polar surface area (TPSA) is 38.1 Å². The Labute approximate surface area is 136 Å². The number of rotatable bonds is 5. The van der Waals surface area contributed by atoms with Crippen LogP contribution in [0.3, 0.4) is 0 Å². The molecule has 0 spiro atoms. The molecule has 23 heavy (non-hydrogen) atoms. The number of likely N-dealkylation sites (N-methyl/N-ethyl adjacent to an activating group) is 1. The number of carbonyl (C=O) groups is 1. The lowest BCUT2D eigenvalue weighted by atomic mass is 10.1. The van der Waals surface area contributed by atoms with Gasteiger partial charge in [-0.1, -0.05) is 6.07 Å². The van der Waals surface area contributed by atoms with Crippen molar-refractivity contribution in [1.29, 1.82) is 0 Å². The number of amides is 1. The number of carbonyl (C=O) groups excluding carboxylic acids is 1. The van der Waals surface area contributed by atoms with Gasteiger partial charge in [0.05, 0.1) is 0 Å². The Morgan fingerprint density at radius 2 is 1.83 bits per heavy atom. The van der Waals surface area contributed by atoms with Gasteiger partial charge in [-0.15, -0.1) is 0 Å². The van der Waals surface area contributed by atoms with Crippen molar-refractivity contribution < 1.29 is 4.79 Å². The van der Waals surface area contributed by atoms with Crippen molar-refractivity contribution in [2.45, 2.75) is 6.42 Å². The highest BCUT2D eigenvalue weighted by molar-refractivity contribution is 5.94. The lowest BCUT2D eigenvalue weighted by Crippen LogP contribution is -2.28. The van der Waals surface area contributed by atoms with E-state index in [1.54, 1.807) is 17.3 Å². The molecule has 0 aliphatic heterocycles. The summed E-state index contributed by atoms with van der Waals surface area (Å²) in [4.78, 5) is 18.4. The van der Waals surface area contributed by atoms with Gasteiger partial charge in [0.1, 0.15) is 0 Å². The fourth-order valence-corrected chi connectivity index (χ4v) is 2.47. The maximum absolute atomic E-state index is 12.6. The number of benzene rings is 1. The van der Waals surface area contributed by atoms with Gasteiger partial charge in [-0.05, 0) is 54.4 Å². The summed E-state index contributed by atoms with van der Waals surface area (Å²) in [7, 11) is 1.84. The maximum atomic E-state index is 12.6. The van der Waals surface area contributed by atoms with E-state index in [9.17, 15) is 4.79 Å². The first-order valence-electron chi connectivity index (χ1n) is 7.62. The van der Waals surface area contributed by atoms with Crippen molar-refractivity contribution in [3.8, 4) is 5.69 Å². The van der Waals surface area contributed by atoms with Crippen LogP contribution in [0.1, 0.15) is 15.9 Å². The molecule has 0 N–H and O–H groups in total. The zero-order valence-electron chi connectivity index (χ0n) is 13.1. The molecule has 4 nitrogen and oxygen atoms in total. The summed E-state index contributed by atoms with van der Waals surface area (Å²) in [5.41, 5.74) is 2.87. The minimum atomic E-state index is 0.0352. The van der Waals surface area contributed by atoms with Crippen molar-refractivity contribution in [3.63, 3.8) is 0 Å². The molecule has 0 saturated carbocycles. The van der Waals surface area contributed by atoms with E-state index in [1.165, 1.54) is 5.56 Å². The van der Waals surface area contributed by atoms with Crippen LogP contribution in [-0.4, -0.2) is 34.0 Å². The largest absolute Gasteiger partial charge is 0.341 e. The van der Waals surface area contributed by atoms with E-state index in [1.807, 2.05) is 72.5 Å². The van der Waals surface area contributed by atoms with Gasteiger partial charge in [0, 0.05) is 49.6 Å². The Bertz CT molecular complexity index is 766. The van der Waals surface area contributed by atoms with Gasteiger partial charge < -0.3 is 9.47 Å². The molecule has 2 heterocycles. The molecule has 1 amide bonds. The Hall–Kier alpha value is -2.88. The van der Waals surface area contributed by atoms with Crippen LogP contribution < -0.4 is 0 Å². The van der Waals surface area contributed by atoms with Gasteiger partial charge in [0.25, 0.3) is 5.91 Å². The zero-order valence-corrected chi connectivity index (χ0v) is 13.1. The monoisotopic (exact) mass is 305 g/mol. The summed E-state index contributed by atoms with van der Waals surface area (Å²) in [5.74, 6) is 0.0352. The van der Waals surface area contributed by atoms with Crippen LogP contribution in [0.5, 0.6) is 0 Å². The summed E-state index contributed by atoms with van der Waals surface area (Å²) < 4.78 is 1.99. The van der Waals surface area contributed by atoms with E-state index in [0.29, 0.717) is 12.1 Å². The van der Waals surface area contributed by atoms with Crippen molar-refractivity contribution in [2.24, 2.45) is 0 Å². The smallest absolute Gasteiger partial charge is 0.253 e. The number of hydrogen-bond acceptors (Lipinski definition) is 2. The van der Waals surface area contributed by atoms with Crippen LogP contribution in [0.4, 0.5) is 0 Å². The molecule has 0 atom stereocenters. The van der Waals surface area contributed by atoms with E-state index in [4.69, 9.17) is 0 Å². The number of nitrogens with zero attached hydrogens (tertiary/aromatic N) is 3. The quantitative estimate of drug-likeness (QED) is 0.726. The molecule has 0 saturated heterocycles. The van der Waals surface area contributed by atoms with Gasteiger partial charge in [0.2, 0.25) is 0 Å². The molecule has 3 rings (SSSR count). The minimum absolute atomic E-state index is 0.0352. The summed E-state index contributed by atoms with van der Waals surface area (Å²) in [6.45, 7) is 0.677. The third-order valence-corrected chi connectivity index (χ3v) is 3.83. The number of aromatic nitrogens is 2. The molecule has 1 aromatic carbocycles. The molecule has 0 unspecified atom stereocenters. The van der Waals surface area contributed by atoms with E-state index in [-0.39, 0.29) is 5.91 Å². The Kier molecular flexibility index (Phi) is 4.52. The maximum Gasteiger partial charge on any atom is 0.253 e. The van der Waals surface area contributed by atoms with E-state index in [2.05, 4.69) is 4.98 Å². The van der Waals surface area contributed by atoms with E-state index < -0.39 is 0 Å². The van der Waals surface area contributed by atoms with Crippen LogP contribution in [0.15, 0.2) is 73.3 Å². The fourth-order valence-electron chi connectivity index (χ4n) is 2.47. The van der Waals surface area contributed by atoms with Crippen molar-refractivity contribution in [1.82, 2.24) is 14.5 Å². The third kappa shape index (κ3) is 3.66. The highest BCUT2D eigenvalue weighted by atomic mass is 16.2. The van der Waals surface area contributed by atoms with Crippen LogP contribution in [0, 0.1) is 0 Å². The Balaban J connectivity index is 1.69. The Morgan fingerprint density at radius 1 is 1.09 bits per heavy atom. The Morgan fingerprint density at radius 3 is 2.57 bits per heavy atom. The standard InChI is InChI=1S/C19H19N3O/c1-21(14-9-16-7-10-20-11-8-16)19(23)17-5-4-6-18(15-17)22-12-2-3-13-22/h2-8,10-13,15H,9,14H2,1H3. The van der Waals surface area contributed by atoms with Crippen LogP contribution >= 0.6 is 0 Å². The molecule has 0 bridgehead atoms. The second kappa shape index (κ2) is 6.92. The first-order valence-corrected chi connectivity index (χ1v) is 7.62. The fraction of sp³-hybridized carbons (Fsp3) is 0.158. The van der Waals surface area contributed by atoms with Gasteiger partial charge >= 0.3 is 0 Å². The van der Waals surface area contributed by atoms with Crippen molar-refractivity contribution in [2.75, 3.05) is 13.6 Å². The lowest BCUT2D eigenvalue weighted by molar-refractivity contribution is 0.0796. The predicted octanol–water partition coefficient (Wildman–Crippen LogP) is 3.19. The molecule has 2 aromatic heterocycles. The number of hydrogen-bond donors (Lipinski definition) is 0. The number of pyridine rings is 1. The van der Waals surface area contributed by atoms with E-state index >= 15 is 0 Å². The summed E-state index contributed by atoms with van der Waals surface area (Å²) in [6.07, 6.45) is 8.31. The summed E-state index contributed by atoms with van der Waals surface area (Å²) in [6, 6.07) is 15.6. The molecule has 0 radical (unpaired) electrons. The SMILES string of the molecule is CN(CCc1ccncc1)C(=O)c1cccc(-n2cccc2)c1.